The minimum atomic E-state index is 0.525. The van der Waals surface area contributed by atoms with Crippen molar-refractivity contribution in [3.63, 3.8) is 0 Å². The summed E-state index contributed by atoms with van der Waals surface area (Å²) in [6.07, 6.45) is 3.70. The summed E-state index contributed by atoms with van der Waals surface area (Å²) in [6.45, 7) is 6.95. The van der Waals surface area contributed by atoms with Crippen molar-refractivity contribution in [2.24, 2.45) is 10.9 Å². The number of likely N-dealkylation sites (tertiary alicyclic amines) is 1. The summed E-state index contributed by atoms with van der Waals surface area (Å²) >= 11 is 1.90. The van der Waals surface area contributed by atoms with Gasteiger partial charge in [0.1, 0.15) is 0 Å². The highest BCUT2D eigenvalue weighted by atomic mass is 32.2. The zero-order chi connectivity index (χ0) is 12.3. The van der Waals surface area contributed by atoms with E-state index in [1.807, 2.05) is 11.8 Å². The van der Waals surface area contributed by atoms with Crippen LogP contribution < -0.4 is 5.32 Å². The van der Waals surface area contributed by atoms with Gasteiger partial charge in [-0.15, -0.1) is 0 Å². The monoisotopic (exact) mass is 255 g/mol. The van der Waals surface area contributed by atoms with E-state index in [1.54, 1.807) is 0 Å². The molecule has 1 N–H and O–H groups in total. The molecule has 98 valence electrons. The fourth-order valence-corrected chi connectivity index (χ4v) is 3.71. The Kier molecular flexibility index (Phi) is 4.74. The van der Waals surface area contributed by atoms with Crippen LogP contribution in [0.4, 0.5) is 0 Å². The van der Waals surface area contributed by atoms with E-state index in [1.165, 1.54) is 43.3 Å². The quantitative estimate of drug-likeness (QED) is 0.819. The smallest absolute Gasteiger partial charge is 0.157 e. The summed E-state index contributed by atoms with van der Waals surface area (Å²) in [7, 11) is 2.21. The first-order valence-electron chi connectivity index (χ1n) is 6.84. The normalized spacial score (nSPS) is 38.1. The molecule has 3 nitrogen and oxygen atoms in total. The zero-order valence-corrected chi connectivity index (χ0v) is 12.1. The fourth-order valence-electron chi connectivity index (χ4n) is 2.65. The van der Waals surface area contributed by atoms with E-state index >= 15 is 0 Å². The third kappa shape index (κ3) is 3.62. The Hall–Kier alpha value is -0.220. The Balaban J connectivity index is 1.93. The largest absolute Gasteiger partial charge is 0.362 e. The van der Waals surface area contributed by atoms with Crippen LogP contribution in [-0.4, -0.2) is 48.0 Å². The molecule has 2 saturated heterocycles. The van der Waals surface area contributed by atoms with Gasteiger partial charge in [0, 0.05) is 18.3 Å². The number of hydrogen-bond donors (Lipinski definition) is 1. The molecule has 0 radical (unpaired) electrons. The predicted molar refractivity (Wildman–Crippen MR) is 76.8 cm³/mol. The maximum atomic E-state index is 4.95. The first kappa shape index (κ1) is 13.2. The Labute approximate surface area is 109 Å². The number of aliphatic imine (C=N–C) groups is 1. The van der Waals surface area contributed by atoms with Gasteiger partial charge in [-0.25, -0.2) is 0 Å². The molecule has 2 aliphatic rings. The molecule has 0 saturated carbocycles. The molecule has 2 aliphatic heterocycles. The molecular weight excluding hydrogens is 230 g/mol. The first-order valence-corrected chi connectivity index (χ1v) is 7.83. The van der Waals surface area contributed by atoms with Crippen LogP contribution in [0, 0.1) is 5.92 Å². The Morgan fingerprint density at radius 1 is 1.47 bits per heavy atom. The van der Waals surface area contributed by atoms with Crippen LogP contribution >= 0.6 is 11.8 Å². The maximum Gasteiger partial charge on any atom is 0.157 e. The van der Waals surface area contributed by atoms with Crippen LogP contribution in [0.3, 0.4) is 0 Å². The summed E-state index contributed by atoms with van der Waals surface area (Å²) in [5.74, 6) is 1.91. The highest BCUT2D eigenvalue weighted by Crippen LogP contribution is 2.22. The lowest BCUT2D eigenvalue weighted by Crippen LogP contribution is -2.42. The van der Waals surface area contributed by atoms with Gasteiger partial charge in [-0.2, -0.15) is 0 Å². The molecule has 0 aromatic heterocycles. The van der Waals surface area contributed by atoms with Crippen LogP contribution in [-0.2, 0) is 0 Å². The summed E-state index contributed by atoms with van der Waals surface area (Å²) in [5, 5.41) is 4.78. The molecule has 0 aromatic carbocycles. The molecule has 0 aliphatic carbocycles. The molecule has 3 unspecified atom stereocenters. The molecule has 0 aromatic rings. The molecule has 3 atom stereocenters. The van der Waals surface area contributed by atoms with Gasteiger partial charge in [-0.05, 0) is 38.8 Å². The Morgan fingerprint density at radius 2 is 2.29 bits per heavy atom. The van der Waals surface area contributed by atoms with Crippen LogP contribution in [0.5, 0.6) is 0 Å². The number of piperidine rings is 1. The van der Waals surface area contributed by atoms with Gasteiger partial charge in [-0.3, -0.25) is 4.99 Å². The fraction of sp³-hybridized carbons (Fsp3) is 0.923. The molecule has 2 rings (SSSR count). The van der Waals surface area contributed by atoms with E-state index < -0.39 is 0 Å². The van der Waals surface area contributed by atoms with Crippen molar-refractivity contribution in [3.05, 3.63) is 0 Å². The van der Waals surface area contributed by atoms with E-state index in [4.69, 9.17) is 4.99 Å². The molecule has 17 heavy (non-hydrogen) atoms. The van der Waals surface area contributed by atoms with Crippen LogP contribution in [0.15, 0.2) is 4.99 Å². The number of nitrogens with zero attached hydrogens (tertiary/aromatic N) is 2. The predicted octanol–water partition coefficient (Wildman–Crippen LogP) is 2.19. The van der Waals surface area contributed by atoms with Crippen molar-refractivity contribution in [2.75, 3.05) is 25.9 Å². The Bertz CT molecular complexity index is 280. The van der Waals surface area contributed by atoms with Crippen molar-refractivity contribution in [2.45, 2.75) is 45.2 Å². The molecular formula is C13H25N3S. The highest BCUT2D eigenvalue weighted by Gasteiger charge is 2.25. The number of hydrogen-bond acceptors (Lipinski definition) is 3. The van der Waals surface area contributed by atoms with Crippen molar-refractivity contribution < 1.29 is 0 Å². The second kappa shape index (κ2) is 6.10. The molecule has 0 amide bonds. The molecule has 2 fully saturated rings. The van der Waals surface area contributed by atoms with E-state index in [0.29, 0.717) is 18.0 Å². The van der Waals surface area contributed by atoms with Crippen LogP contribution in [0.1, 0.15) is 33.1 Å². The number of thioether (sulfide) groups is 1. The van der Waals surface area contributed by atoms with Gasteiger partial charge in [0.2, 0.25) is 0 Å². The molecule has 0 bridgehead atoms. The van der Waals surface area contributed by atoms with E-state index in [-0.39, 0.29) is 0 Å². The summed E-state index contributed by atoms with van der Waals surface area (Å²) in [5.41, 5.74) is 0. The Morgan fingerprint density at radius 3 is 3.00 bits per heavy atom. The van der Waals surface area contributed by atoms with Crippen molar-refractivity contribution in [3.8, 4) is 0 Å². The minimum absolute atomic E-state index is 0.525. The summed E-state index contributed by atoms with van der Waals surface area (Å²) in [6, 6.07) is 1.17. The molecule has 0 spiro atoms. The lowest BCUT2D eigenvalue weighted by Gasteiger charge is -2.34. The van der Waals surface area contributed by atoms with Crippen LogP contribution in [0.2, 0.25) is 0 Å². The minimum Gasteiger partial charge on any atom is -0.362 e. The van der Waals surface area contributed by atoms with Gasteiger partial charge in [0.25, 0.3) is 0 Å². The number of nitrogens with one attached hydrogen (secondary N) is 1. The van der Waals surface area contributed by atoms with Crippen LogP contribution in [0.25, 0.3) is 0 Å². The molecule has 4 heteroatoms. The van der Waals surface area contributed by atoms with Crippen molar-refractivity contribution in [1.29, 1.82) is 0 Å². The standard InChI is InChI=1S/C13H25N3S/c1-4-11-6-8-17-13(14-11)15-12-5-7-16(3)9-10(12)2/h10-12H,4-9H2,1-3H3,(H,14,15). The number of rotatable bonds is 2. The maximum absolute atomic E-state index is 4.95. The molecule has 2 heterocycles. The van der Waals surface area contributed by atoms with Gasteiger partial charge in [-0.1, -0.05) is 25.6 Å². The van der Waals surface area contributed by atoms with E-state index in [0.717, 1.165) is 0 Å². The topological polar surface area (TPSA) is 27.6 Å². The third-order valence-corrected chi connectivity index (χ3v) is 4.81. The second-order valence-corrected chi connectivity index (χ2v) is 6.50. The lowest BCUT2D eigenvalue weighted by atomic mass is 9.95. The summed E-state index contributed by atoms with van der Waals surface area (Å²) < 4.78 is 0. The van der Waals surface area contributed by atoms with Crippen molar-refractivity contribution in [1.82, 2.24) is 10.2 Å². The third-order valence-electron chi connectivity index (χ3n) is 3.87. The first-order chi connectivity index (χ1) is 8.19. The van der Waals surface area contributed by atoms with Gasteiger partial charge < -0.3 is 10.2 Å². The van der Waals surface area contributed by atoms with E-state index in [9.17, 15) is 0 Å². The van der Waals surface area contributed by atoms with Gasteiger partial charge in [0.15, 0.2) is 5.17 Å². The zero-order valence-electron chi connectivity index (χ0n) is 11.3. The van der Waals surface area contributed by atoms with Gasteiger partial charge >= 0.3 is 0 Å². The highest BCUT2D eigenvalue weighted by molar-refractivity contribution is 8.13. The number of amidine groups is 1. The average molecular weight is 255 g/mol. The van der Waals surface area contributed by atoms with Gasteiger partial charge in [0.05, 0.1) is 6.04 Å². The van der Waals surface area contributed by atoms with Crippen molar-refractivity contribution >= 4 is 16.9 Å². The van der Waals surface area contributed by atoms with E-state index in [2.05, 4.69) is 31.1 Å². The SMILES string of the molecule is CCC1CCSC(=NC2CCN(C)CC2C)N1. The second-order valence-electron chi connectivity index (χ2n) is 5.42. The summed E-state index contributed by atoms with van der Waals surface area (Å²) in [4.78, 5) is 7.36. The average Bonchev–Trinajstić information content (AvgIpc) is 2.33. The lowest BCUT2D eigenvalue weighted by molar-refractivity contribution is 0.198.